The van der Waals surface area contributed by atoms with Gasteiger partial charge in [0.05, 0.1) is 10.8 Å². The first kappa shape index (κ1) is 68.9. The van der Waals surface area contributed by atoms with Gasteiger partial charge in [0.2, 0.25) is 0 Å². The second-order valence-corrected chi connectivity index (χ2v) is 31.4. The summed E-state index contributed by atoms with van der Waals surface area (Å²) in [5.74, 6) is -0.404. The highest BCUT2D eigenvalue weighted by Crippen LogP contribution is 2.70. The highest BCUT2D eigenvalue weighted by Gasteiger charge is 2.58. The van der Waals surface area contributed by atoms with E-state index in [0.717, 1.165) is 69.2 Å². The molecule has 3 aromatic heterocycles. The lowest BCUT2D eigenvalue weighted by molar-refractivity contribution is 0.103. The Bertz CT molecular complexity index is 5450. The summed E-state index contributed by atoms with van der Waals surface area (Å²) in [6.45, 7) is 8.99. The number of ketones is 2. The van der Waals surface area contributed by atoms with Crippen molar-refractivity contribution in [3.8, 4) is 66.0 Å². The molecule has 0 bridgehead atoms. The SMILES string of the molecule is CCCCCCc1ccc(C2(c3ccc(C)cc3)c3cc(-c4ccc(/C=C5\C(=O)c6ccccc6C5=C(C#N)C#N)s4)ccc3-c3sc4c(c32)C(c2ccc(CCCCCC)cc2)(c2ccc(CCCCCC)cc2)c2cc(-c3ccc(/C=C5\C(=O)c6ccccc6C5=C(C#N)C#N)s3)ccc2-4)cc1. The molecule has 0 aliphatic heterocycles. The molecule has 104 heavy (non-hydrogen) atoms. The van der Waals surface area contributed by atoms with E-state index in [2.05, 4.69) is 210 Å². The number of Topliss-reactive ketones (excluding diaryl/α,β-unsaturated/α-hetero) is 2. The Morgan fingerprint density at radius 3 is 1.07 bits per heavy atom. The first-order chi connectivity index (χ1) is 51.0. The molecule has 1 atom stereocenters. The van der Waals surface area contributed by atoms with E-state index in [0.29, 0.717) is 44.5 Å². The predicted octanol–water partition coefficient (Wildman–Crippen LogP) is 24.8. The van der Waals surface area contributed by atoms with Crippen molar-refractivity contribution in [2.75, 3.05) is 0 Å². The lowest BCUT2D eigenvalue weighted by atomic mass is 9.61. The fraction of sp³-hybridized carbons (Fsp3) is 0.221. The molecule has 0 spiro atoms. The van der Waals surface area contributed by atoms with E-state index in [1.165, 1.54) is 145 Å². The van der Waals surface area contributed by atoms with Gasteiger partial charge in [-0.25, -0.2) is 0 Å². The minimum atomic E-state index is -0.876. The fourth-order valence-electron chi connectivity index (χ4n) is 16.7. The molecule has 0 N–H and O–H groups in total. The number of allylic oxidation sites excluding steroid dienone is 6. The van der Waals surface area contributed by atoms with Gasteiger partial charge in [-0.2, -0.15) is 21.0 Å². The van der Waals surface area contributed by atoms with Crippen molar-refractivity contribution in [1.29, 1.82) is 21.0 Å². The van der Waals surface area contributed by atoms with Crippen molar-refractivity contribution in [2.45, 2.75) is 135 Å². The van der Waals surface area contributed by atoms with E-state index in [9.17, 15) is 30.6 Å². The molecular formula is C95H78N4O2S3. The summed E-state index contributed by atoms with van der Waals surface area (Å²) >= 11 is 5.11. The Balaban J connectivity index is 0.971. The van der Waals surface area contributed by atoms with Gasteiger partial charge >= 0.3 is 0 Å². The molecule has 1 unspecified atom stereocenters. The zero-order valence-corrected chi connectivity index (χ0v) is 61.7. The van der Waals surface area contributed by atoms with Gasteiger partial charge in [0.15, 0.2) is 11.6 Å². The van der Waals surface area contributed by atoms with Gasteiger partial charge in [0.1, 0.15) is 35.4 Å². The average molecular weight is 1400 g/mol. The maximum Gasteiger partial charge on any atom is 0.194 e. The molecule has 0 radical (unpaired) electrons. The maximum absolute atomic E-state index is 14.3. The van der Waals surface area contributed by atoms with Gasteiger partial charge in [-0.1, -0.05) is 254 Å². The van der Waals surface area contributed by atoms with E-state index >= 15 is 0 Å². The van der Waals surface area contributed by atoms with Gasteiger partial charge in [0.25, 0.3) is 0 Å². The van der Waals surface area contributed by atoms with Crippen LogP contribution in [0, 0.1) is 52.2 Å². The molecule has 508 valence electrons. The molecule has 9 heteroatoms. The van der Waals surface area contributed by atoms with Gasteiger partial charge in [-0.3, -0.25) is 9.59 Å². The number of benzene rings is 8. The van der Waals surface area contributed by atoms with Crippen LogP contribution in [0.4, 0.5) is 0 Å². The molecular weight excluding hydrogens is 1330 g/mol. The quantitative estimate of drug-likeness (QED) is 0.0356. The van der Waals surface area contributed by atoms with E-state index < -0.39 is 10.8 Å². The van der Waals surface area contributed by atoms with Crippen LogP contribution >= 0.6 is 34.0 Å². The monoisotopic (exact) mass is 1400 g/mol. The normalized spacial score (nSPS) is 15.6. The highest BCUT2D eigenvalue weighted by molar-refractivity contribution is 7.19. The Hall–Kier alpha value is -10.9. The van der Waals surface area contributed by atoms with Gasteiger partial charge < -0.3 is 0 Å². The number of fused-ring (bicyclic) bond motifs is 9. The van der Waals surface area contributed by atoms with E-state index in [1.54, 1.807) is 34.8 Å². The van der Waals surface area contributed by atoms with Gasteiger partial charge in [-0.05, 0) is 189 Å². The number of nitriles is 4. The molecule has 3 heterocycles. The van der Waals surface area contributed by atoms with Crippen LogP contribution in [-0.2, 0) is 30.1 Å². The van der Waals surface area contributed by atoms with E-state index in [1.807, 2.05) is 59.9 Å². The lowest BCUT2D eigenvalue weighted by Crippen LogP contribution is -2.35. The second kappa shape index (κ2) is 29.5. The third kappa shape index (κ3) is 11.9. The van der Waals surface area contributed by atoms with Crippen LogP contribution in [0.5, 0.6) is 0 Å². The molecule has 15 rings (SSSR count). The Kier molecular flexibility index (Phi) is 19.5. The van der Waals surface area contributed by atoms with Crippen LogP contribution in [0.25, 0.3) is 65.1 Å². The Morgan fingerprint density at radius 1 is 0.375 bits per heavy atom. The zero-order valence-electron chi connectivity index (χ0n) is 59.2. The molecule has 11 aromatic rings. The summed E-state index contributed by atoms with van der Waals surface area (Å²) < 4.78 is 0. The summed E-state index contributed by atoms with van der Waals surface area (Å²) in [6.07, 6.45) is 20.8. The van der Waals surface area contributed by atoms with Gasteiger partial charge in [0, 0.05) is 62.7 Å². The van der Waals surface area contributed by atoms with Crippen molar-refractivity contribution in [2.24, 2.45) is 0 Å². The number of carbonyl (C=O) groups excluding carboxylic acids is 2. The van der Waals surface area contributed by atoms with Crippen LogP contribution in [0.1, 0.15) is 206 Å². The lowest BCUT2D eigenvalue weighted by Gasteiger charge is -2.40. The summed E-state index contributed by atoms with van der Waals surface area (Å²) in [5.41, 5.74) is 21.0. The standard InChI is InChI=1S/C95H78N4O2S3/c1-5-8-11-14-21-61-30-40-69(41-31-61)94(68-38-28-60(4)29-39-68)82-52-64(84-50-46-72(102-84)54-80-86(66(56-96)57-97)74-24-17-19-26-76(74)90(80)100)36-48-78(82)92-88(94)89-93(104-92)79-49-37-65(85-51-47-73(103-85)55-81-87(67(58-98)59-99)75-25-18-20-27-77(75)91(81)101)53-83(79)95(89,70-42-32-62(33-43-70)22-15-12-9-6-2)71-44-34-63(35-45-71)23-16-13-10-7-3/h17-20,24-55H,5-16,21-23H2,1-4H3/b80-54-,81-55-. The number of rotatable bonds is 23. The van der Waals surface area contributed by atoms with Crippen LogP contribution < -0.4 is 0 Å². The van der Waals surface area contributed by atoms with E-state index in [-0.39, 0.29) is 22.7 Å². The minimum Gasteiger partial charge on any atom is -0.289 e. The summed E-state index contributed by atoms with van der Waals surface area (Å²) in [5, 5.41) is 41.0. The number of hydrogen-bond acceptors (Lipinski definition) is 9. The molecule has 6 nitrogen and oxygen atoms in total. The molecule has 8 aromatic carbocycles. The summed E-state index contributed by atoms with van der Waals surface area (Å²) in [7, 11) is 0. The molecule has 0 fully saturated rings. The Labute approximate surface area is 623 Å². The summed E-state index contributed by atoms with van der Waals surface area (Å²) in [6, 6.07) is 83.8. The fourth-order valence-corrected chi connectivity index (χ4v) is 20.1. The van der Waals surface area contributed by atoms with Crippen LogP contribution in [0.3, 0.4) is 0 Å². The Morgan fingerprint density at radius 2 is 0.721 bits per heavy atom. The van der Waals surface area contributed by atoms with E-state index in [4.69, 9.17) is 0 Å². The first-order valence-electron chi connectivity index (χ1n) is 36.9. The highest BCUT2D eigenvalue weighted by atomic mass is 32.1. The molecule has 0 saturated heterocycles. The molecule has 0 amide bonds. The third-order valence-electron chi connectivity index (χ3n) is 21.9. The predicted molar refractivity (Wildman–Crippen MR) is 428 cm³/mol. The van der Waals surface area contributed by atoms with Crippen molar-refractivity contribution >= 4 is 68.9 Å². The number of aryl methyl sites for hydroxylation is 4. The molecule has 0 saturated carbocycles. The average Bonchev–Trinajstić information content (AvgIpc) is 1.48. The van der Waals surface area contributed by atoms with Crippen LogP contribution in [0.15, 0.2) is 229 Å². The maximum atomic E-state index is 14.3. The smallest absolute Gasteiger partial charge is 0.194 e. The number of hydrogen-bond donors (Lipinski definition) is 0. The van der Waals surface area contributed by atoms with Crippen LogP contribution in [0.2, 0.25) is 0 Å². The van der Waals surface area contributed by atoms with Gasteiger partial charge in [-0.15, -0.1) is 34.0 Å². The van der Waals surface area contributed by atoms with Crippen molar-refractivity contribution in [1.82, 2.24) is 0 Å². The first-order valence-corrected chi connectivity index (χ1v) is 39.3. The molecule has 4 aliphatic rings. The number of carbonyl (C=O) groups is 2. The largest absolute Gasteiger partial charge is 0.289 e. The number of thiophene rings is 3. The van der Waals surface area contributed by atoms with Crippen molar-refractivity contribution in [3.05, 3.63) is 327 Å². The third-order valence-corrected chi connectivity index (χ3v) is 25.3. The van der Waals surface area contributed by atoms with Crippen molar-refractivity contribution in [3.63, 3.8) is 0 Å². The zero-order chi connectivity index (χ0) is 71.6. The second-order valence-electron chi connectivity index (χ2n) is 28.1. The minimum absolute atomic E-state index is 0.0855. The summed E-state index contributed by atoms with van der Waals surface area (Å²) in [4.78, 5) is 34.8. The van der Waals surface area contributed by atoms with Crippen LogP contribution in [-0.4, -0.2) is 11.6 Å². The number of unbranched alkanes of at least 4 members (excludes halogenated alkanes) is 9. The topological polar surface area (TPSA) is 129 Å². The molecule has 4 aliphatic carbocycles. The van der Waals surface area contributed by atoms with Crippen molar-refractivity contribution < 1.29 is 9.59 Å². The number of nitrogens with zero attached hydrogens (tertiary/aromatic N) is 4.